The normalized spacial score (nSPS) is 23.7. The predicted octanol–water partition coefficient (Wildman–Crippen LogP) is 1.50. The fourth-order valence-corrected chi connectivity index (χ4v) is 2.77. The molecule has 1 saturated heterocycles. The molecule has 0 amide bonds. The second kappa shape index (κ2) is 6.55. The molecular formula is C15H21N3O. The summed E-state index contributed by atoms with van der Waals surface area (Å²) < 4.78 is 0. The first-order chi connectivity index (χ1) is 9.26. The van der Waals surface area contributed by atoms with E-state index >= 15 is 0 Å². The van der Waals surface area contributed by atoms with Crippen molar-refractivity contribution >= 4 is 5.69 Å². The number of hydrogen-bond donors (Lipinski definition) is 2. The molecule has 19 heavy (non-hydrogen) atoms. The number of aliphatic hydroxyl groups is 1. The van der Waals surface area contributed by atoms with Gasteiger partial charge in [0.2, 0.25) is 0 Å². The van der Waals surface area contributed by atoms with Gasteiger partial charge in [-0.25, -0.2) is 0 Å². The molecule has 4 heteroatoms. The largest absolute Gasteiger partial charge is 0.396 e. The van der Waals surface area contributed by atoms with Crippen molar-refractivity contribution in [3.8, 4) is 6.07 Å². The van der Waals surface area contributed by atoms with Crippen molar-refractivity contribution in [3.05, 3.63) is 29.8 Å². The maximum absolute atomic E-state index is 9.26. The van der Waals surface area contributed by atoms with E-state index in [2.05, 4.69) is 23.2 Å². The van der Waals surface area contributed by atoms with E-state index in [0.29, 0.717) is 11.6 Å². The molecule has 1 aromatic carbocycles. The molecule has 0 bridgehead atoms. The Morgan fingerprint density at radius 1 is 1.53 bits per heavy atom. The van der Waals surface area contributed by atoms with Gasteiger partial charge in [0.15, 0.2) is 0 Å². The third-order valence-corrected chi connectivity index (χ3v) is 3.72. The van der Waals surface area contributed by atoms with Crippen LogP contribution in [0, 0.1) is 11.3 Å². The van der Waals surface area contributed by atoms with Crippen molar-refractivity contribution in [2.75, 3.05) is 24.6 Å². The number of benzene rings is 1. The van der Waals surface area contributed by atoms with E-state index in [0.717, 1.165) is 31.6 Å². The first-order valence-electron chi connectivity index (χ1n) is 6.86. The molecule has 0 aromatic heterocycles. The topological polar surface area (TPSA) is 59.3 Å². The van der Waals surface area contributed by atoms with Crippen LogP contribution < -0.4 is 10.2 Å². The molecular weight excluding hydrogens is 238 g/mol. The number of nitrogens with one attached hydrogen (secondary N) is 1. The van der Waals surface area contributed by atoms with E-state index in [1.54, 1.807) is 0 Å². The van der Waals surface area contributed by atoms with Gasteiger partial charge in [0.25, 0.3) is 0 Å². The molecule has 1 aromatic rings. The van der Waals surface area contributed by atoms with Crippen LogP contribution in [0.15, 0.2) is 24.3 Å². The number of hydrogen-bond acceptors (Lipinski definition) is 4. The first-order valence-corrected chi connectivity index (χ1v) is 6.86. The van der Waals surface area contributed by atoms with Gasteiger partial charge in [0.05, 0.1) is 11.6 Å². The van der Waals surface area contributed by atoms with Gasteiger partial charge in [-0.3, -0.25) is 0 Å². The zero-order valence-corrected chi connectivity index (χ0v) is 11.3. The number of nitriles is 1. The number of aliphatic hydroxyl groups excluding tert-OH is 1. The minimum Gasteiger partial charge on any atom is -0.396 e. The average molecular weight is 259 g/mol. The van der Waals surface area contributed by atoms with Gasteiger partial charge in [-0.1, -0.05) is 6.07 Å². The summed E-state index contributed by atoms with van der Waals surface area (Å²) in [5.74, 6) is 0. The summed E-state index contributed by atoms with van der Waals surface area (Å²) in [6, 6.07) is 10.6. The Bertz CT molecular complexity index is 455. The van der Waals surface area contributed by atoms with Gasteiger partial charge in [0.1, 0.15) is 0 Å². The van der Waals surface area contributed by atoms with E-state index in [9.17, 15) is 5.11 Å². The molecule has 2 N–H and O–H groups in total. The van der Waals surface area contributed by atoms with Crippen molar-refractivity contribution in [2.45, 2.75) is 31.8 Å². The van der Waals surface area contributed by atoms with Gasteiger partial charge in [-0.15, -0.1) is 0 Å². The zero-order valence-electron chi connectivity index (χ0n) is 11.3. The molecule has 1 aliphatic heterocycles. The second-order valence-electron chi connectivity index (χ2n) is 5.08. The maximum Gasteiger partial charge on any atom is 0.0992 e. The molecule has 1 aliphatic rings. The Balaban J connectivity index is 2.31. The molecule has 102 valence electrons. The van der Waals surface area contributed by atoms with Gasteiger partial charge < -0.3 is 15.3 Å². The monoisotopic (exact) mass is 259 g/mol. The lowest BCUT2D eigenvalue weighted by molar-refractivity contribution is 0.271. The molecule has 4 nitrogen and oxygen atoms in total. The molecule has 1 heterocycles. The van der Waals surface area contributed by atoms with Crippen LogP contribution in [-0.2, 0) is 0 Å². The highest BCUT2D eigenvalue weighted by molar-refractivity contribution is 5.53. The third-order valence-electron chi connectivity index (χ3n) is 3.72. The smallest absolute Gasteiger partial charge is 0.0992 e. The molecule has 2 rings (SSSR count). The number of anilines is 1. The fraction of sp³-hybridized carbons (Fsp3) is 0.533. The second-order valence-corrected chi connectivity index (χ2v) is 5.08. The molecule has 2 atom stereocenters. The molecule has 0 aliphatic carbocycles. The molecule has 2 unspecified atom stereocenters. The van der Waals surface area contributed by atoms with Crippen LogP contribution in [0.3, 0.4) is 0 Å². The van der Waals surface area contributed by atoms with Crippen molar-refractivity contribution in [1.82, 2.24) is 5.32 Å². The maximum atomic E-state index is 9.26. The molecule has 0 saturated carbocycles. The Morgan fingerprint density at radius 3 is 3.11 bits per heavy atom. The zero-order chi connectivity index (χ0) is 13.7. The van der Waals surface area contributed by atoms with Gasteiger partial charge in [0, 0.05) is 30.9 Å². The van der Waals surface area contributed by atoms with Crippen molar-refractivity contribution in [1.29, 1.82) is 5.26 Å². The highest BCUT2D eigenvalue weighted by atomic mass is 16.3. The predicted molar refractivity (Wildman–Crippen MR) is 76.1 cm³/mol. The summed E-state index contributed by atoms with van der Waals surface area (Å²) in [4.78, 5) is 2.34. The minimum absolute atomic E-state index is 0.188. The Morgan fingerprint density at radius 2 is 2.37 bits per heavy atom. The SMILES string of the molecule is CC1CCNCC(CCO)N1c1cccc(C#N)c1. The van der Waals surface area contributed by atoms with Gasteiger partial charge in [-0.2, -0.15) is 5.26 Å². The average Bonchev–Trinajstić information content (AvgIpc) is 2.61. The van der Waals surface area contributed by atoms with E-state index in [1.807, 2.05) is 24.3 Å². The highest BCUT2D eigenvalue weighted by Gasteiger charge is 2.26. The molecule has 0 spiro atoms. The van der Waals surface area contributed by atoms with Crippen LogP contribution in [0.1, 0.15) is 25.3 Å². The van der Waals surface area contributed by atoms with Crippen molar-refractivity contribution in [3.63, 3.8) is 0 Å². The highest BCUT2D eigenvalue weighted by Crippen LogP contribution is 2.25. The van der Waals surface area contributed by atoms with Crippen molar-refractivity contribution in [2.24, 2.45) is 0 Å². The lowest BCUT2D eigenvalue weighted by Crippen LogP contribution is -2.44. The fourth-order valence-electron chi connectivity index (χ4n) is 2.77. The van der Waals surface area contributed by atoms with Crippen LogP contribution in [0.25, 0.3) is 0 Å². The molecule has 0 radical (unpaired) electrons. The summed E-state index contributed by atoms with van der Waals surface area (Å²) in [5, 5.41) is 21.7. The van der Waals surface area contributed by atoms with E-state index in [1.165, 1.54) is 0 Å². The summed E-state index contributed by atoms with van der Waals surface area (Å²) in [6.07, 6.45) is 1.81. The number of nitrogens with zero attached hydrogens (tertiary/aromatic N) is 2. The van der Waals surface area contributed by atoms with Crippen LogP contribution in [0.5, 0.6) is 0 Å². The summed E-state index contributed by atoms with van der Waals surface area (Å²) in [5.41, 5.74) is 1.76. The summed E-state index contributed by atoms with van der Waals surface area (Å²) >= 11 is 0. The van der Waals surface area contributed by atoms with E-state index < -0.39 is 0 Å². The van der Waals surface area contributed by atoms with E-state index in [-0.39, 0.29) is 12.6 Å². The summed E-state index contributed by atoms with van der Waals surface area (Å²) in [7, 11) is 0. The first kappa shape index (κ1) is 13.9. The third kappa shape index (κ3) is 3.25. The standard InChI is InChI=1S/C15H21N3O/c1-12-5-7-17-11-15(6-8-19)18(12)14-4-2-3-13(9-14)10-16/h2-4,9,12,15,17,19H,5-8,11H2,1H3. The van der Waals surface area contributed by atoms with Crippen LogP contribution in [0.2, 0.25) is 0 Å². The van der Waals surface area contributed by atoms with Gasteiger partial charge in [-0.05, 0) is 44.5 Å². The van der Waals surface area contributed by atoms with Crippen LogP contribution in [-0.4, -0.2) is 36.9 Å². The van der Waals surface area contributed by atoms with Gasteiger partial charge >= 0.3 is 0 Å². The van der Waals surface area contributed by atoms with Crippen LogP contribution in [0.4, 0.5) is 5.69 Å². The molecule has 1 fully saturated rings. The lowest BCUT2D eigenvalue weighted by Gasteiger charge is -2.36. The van der Waals surface area contributed by atoms with Crippen LogP contribution >= 0.6 is 0 Å². The minimum atomic E-state index is 0.188. The van der Waals surface area contributed by atoms with E-state index in [4.69, 9.17) is 5.26 Å². The lowest BCUT2D eigenvalue weighted by atomic mass is 10.1. The Labute approximate surface area is 114 Å². The van der Waals surface area contributed by atoms with Crippen molar-refractivity contribution < 1.29 is 5.11 Å². The summed E-state index contributed by atoms with van der Waals surface area (Å²) in [6.45, 7) is 4.27. The number of rotatable bonds is 3. The Hall–Kier alpha value is -1.57. The Kier molecular flexibility index (Phi) is 4.78. The quantitative estimate of drug-likeness (QED) is 0.863.